The van der Waals surface area contributed by atoms with Gasteiger partial charge in [0.2, 0.25) is 15.2 Å². The Balaban J connectivity index is 1.57. The third-order valence-corrected chi connectivity index (χ3v) is 7.39. The first-order chi connectivity index (χ1) is 13.4. The Hall–Kier alpha value is -1.69. The zero-order valence-electron chi connectivity index (χ0n) is 15.5. The topological polar surface area (TPSA) is 116 Å². The number of fused-ring (bicyclic) bond motifs is 1. The molecule has 8 nitrogen and oxygen atoms in total. The van der Waals surface area contributed by atoms with Gasteiger partial charge in [-0.3, -0.25) is 0 Å². The lowest BCUT2D eigenvalue weighted by Crippen LogP contribution is -2.11. The lowest BCUT2D eigenvalue weighted by Gasteiger charge is -2.08. The first-order valence-electron chi connectivity index (χ1n) is 9.19. The van der Waals surface area contributed by atoms with Crippen LogP contribution in [0.2, 0.25) is 0 Å². The molecule has 0 radical (unpaired) electrons. The van der Waals surface area contributed by atoms with Crippen LogP contribution < -0.4 is 10.5 Å². The van der Waals surface area contributed by atoms with Gasteiger partial charge < -0.3 is 9.88 Å². The summed E-state index contributed by atoms with van der Waals surface area (Å²) in [5.74, 6) is 1.54. The minimum Gasteiger partial charge on any atom is -0.357 e. The van der Waals surface area contributed by atoms with Crippen molar-refractivity contribution < 1.29 is 8.42 Å². The molecule has 0 aliphatic heterocycles. The third-order valence-electron chi connectivity index (χ3n) is 4.50. The highest BCUT2D eigenvalue weighted by Gasteiger charge is 2.22. The zero-order chi connectivity index (χ0) is 19.7. The van der Waals surface area contributed by atoms with Gasteiger partial charge in [0.1, 0.15) is 5.82 Å². The maximum absolute atomic E-state index is 11.7. The van der Waals surface area contributed by atoms with Crippen molar-refractivity contribution in [3.63, 3.8) is 0 Å². The molecule has 28 heavy (non-hydrogen) atoms. The molecule has 11 heteroatoms. The number of aryl methyl sites for hydroxylation is 1. The molecular formula is C17H22N6O2S3. The van der Waals surface area contributed by atoms with E-state index in [0.717, 1.165) is 40.2 Å². The second-order valence-corrected chi connectivity index (χ2v) is 10.6. The molecule has 3 N–H and O–H groups in total. The number of nitrogens with two attached hydrogens (primary N) is 1. The smallest absolute Gasteiger partial charge is 0.238 e. The van der Waals surface area contributed by atoms with Gasteiger partial charge in [0.15, 0.2) is 4.34 Å². The highest BCUT2D eigenvalue weighted by Crippen LogP contribution is 2.32. The SMILES string of the molecule is CCCCn1c(CSc2nnc(NC3CC3)s2)nc2cc(S(N)(=O)=O)ccc21. The van der Waals surface area contributed by atoms with Gasteiger partial charge in [-0.05, 0) is 37.5 Å². The van der Waals surface area contributed by atoms with E-state index in [2.05, 4.69) is 32.0 Å². The van der Waals surface area contributed by atoms with Crippen molar-refractivity contribution in [3.05, 3.63) is 24.0 Å². The Morgan fingerprint density at radius 1 is 1.36 bits per heavy atom. The number of aromatic nitrogens is 4. The molecule has 2 heterocycles. The molecule has 1 aromatic carbocycles. The molecule has 3 aromatic rings. The maximum Gasteiger partial charge on any atom is 0.238 e. The van der Waals surface area contributed by atoms with E-state index in [1.54, 1.807) is 41.3 Å². The van der Waals surface area contributed by atoms with Crippen LogP contribution in [0.15, 0.2) is 27.4 Å². The number of nitrogens with one attached hydrogen (secondary N) is 1. The van der Waals surface area contributed by atoms with E-state index < -0.39 is 10.0 Å². The van der Waals surface area contributed by atoms with Gasteiger partial charge >= 0.3 is 0 Å². The van der Waals surface area contributed by atoms with Gasteiger partial charge in [-0.1, -0.05) is 36.4 Å². The first kappa shape index (κ1) is 19.6. The van der Waals surface area contributed by atoms with Crippen LogP contribution in [0.3, 0.4) is 0 Å². The lowest BCUT2D eigenvalue weighted by molar-refractivity contribution is 0.598. The monoisotopic (exact) mass is 438 g/mol. The van der Waals surface area contributed by atoms with Crippen molar-refractivity contribution in [1.29, 1.82) is 0 Å². The number of anilines is 1. The molecule has 150 valence electrons. The predicted molar refractivity (Wildman–Crippen MR) is 112 cm³/mol. The van der Waals surface area contributed by atoms with Crippen LogP contribution in [-0.2, 0) is 22.3 Å². The minimum absolute atomic E-state index is 0.0826. The highest BCUT2D eigenvalue weighted by molar-refractivity contribution is 8.00. The number of hydrogen-bond donors (Lipinski definition) is 2. The van der Waals surface area contributed by atoms with Gasteiger partial charge in [0.25, 0.3) is 0 Å². The van der Waals surface area contributed by atoms with Crippen molar-refractivity contribution in [2.75, 3.05) is 5.32 Å². The zero-order valence-corrected chi connectivity index (χ0v) is 17.9. The average molecular weight is 439 g/mol. The molecule has 1 aliphatic rings. The van der Waals surface area contributed by atoms with Gasteiger partial charge in [-0.2, -0.15) is 0 Å². The van der Waals surface area contributed by atoms with Crippen LogP contribution in [0, 0.1) is 0 Å². The van der Waals surface area contributed by atoms with E-state index >= 15 is 0 Å². The van der Waals surface area contributed by atoms with Crippen molar-refractivity contribution >= 4 is 49.3 Å². The van der Waals surface area contributed by atoms with Crippen LogP contribution in [0.4, 0.5) is 5.13 Å². The van der Waals surface area contributed by atoms with Gasteiger partial charge in [-0.25, -0.2) is 18.5 Å². The fourth-order valence-electron chi connectivity index (χ4n) is 2.87. The van der Waals surface area contributed by atoms with Crippen molar-refractivity contribution in [2.45, 2.75) is 60.2 Å². The van der Waals surface area contributed by atoms with Gasteiger partial charge in [0, 0.05) is 12.6 Å². The third kappa shape index (κ3) is 4.48. The van der Waals surface area contributed by atoms with Crippen LogP contribution in [0.25, 0.3) is 11.0 Å². The van der Waals surface area contributed by atoms with E-state index in [1.165, 1.54) is 12.8 Å². The number of nitrogens with zero attached hydrogens (tertiary/aromatic N) is 4. The molecule has 1 fully saturated rings. The normalized spacial score (nSPS) is 14.6. The summed E-state index contributed by atoms with van der Waals surface area (Å²) in [5.41, 5.74) is 1.57. The maximum atomic E-state index is 11.7. The number of hydrogen-bond acceptors (Lipinski definition) is 8. The second-order valence-electron chi connectivity index (χ2n) is 6.81. The van der Waals surface area contributed by atoms with Gasteiger partial charge in [-0.15, -0.1) is 10.2 Å². The Morgan fingerprint density at radius 2 is 2.18 bits per heavy atom. The standard InChI is InChI=1S/C17H22N6O2S3/c1-2-3-8-23-14-7-6-12(28(18,24)25)9-13(14)20-15(23)10-26-17-22-21-16(27-17)19-11-4-5-11/h6-7,9,11H,2-5,8,10H2,1H3,(H,19,21)(H2,18,24,25). The molecule has 4 rings (SSSR count). The largest absolute Gasteiger partial charge is 0.357 e. The summed E-state index contributed by atoms with van der Waals surface area (Å²) in [6, 6.07) is 5.43. The molecule has 0 atom stereocenters. The summed E-state index contributed by atoms with van der Waals surface area (Å²) < 4.78 is 26.4. The molecule has 1 aliphatic carbocycles. The molecule has 0 saturated heterocycles. The van der Waals surface area contributed by atoms with Crippen LogP contribution in [-0.4, -0.2) is 34.2 Å². The summed E-state index contributed by atoms with van der Waals surface area (Å²) in [6.07, 6.45) is 4.48. The highest BCUT2D eigenvalue weighted by atomic mass is 32.2. The second kappa shape index (κ2) is 7.97. The Morgan fingerprint density at radius 3 is 2.89 bits per heavy atom. The van der Waals surface area contributed by atoms with E-state index in [1.807, 2.05) is 0 Å². The Kier molecular flexibility index (Phi) is 5.59. The van der Waals surface area contributed by atoms with Gasteiger partial charge in [0.05, 0.1) is 21.7 Å². The summed E-state index contributed by atoms with van der Waals surface area (Å²) in [4.78, 5) is 4.77. The quantitative estimate of drug-likeness (QED) is 0.493. The molecule has 0 amide bonds. The number of thioether (sulfide) groups is 1. The molecule has 0 spiro atoms. The summed E-state index contributed by atoms with van der Waals surface area (Å²) in [6.45, 7) is 2.98. The number of sulfonamides is 1. The number of primary sulfonamides is 1. The Labute approximate surface area is 172 Å². The molecular weight excluding hydrogens is 416 g/mol. The minimum atomic E-state index is -3.75. The Bertz CT molecular complexity index is 1090. The van der Waals surface area contributed by atoms with Crippen molar-refractivity contribution in [3.8, 4) is 0 Å². The molecule has 0 unspecified atom stereocenters. The summed E-state index contributed by atoms with van der Waals surface area (Å²) in [7, 11) is -3.75. The van der Waals surface area contributed by atoms with E-state index in [0.29, 0.717) is 17.3 Å². The number of benzene rings is 1. The van der Waals surface area contributed by atoms with E-state index in [-0.39, 0.29) is 4.90 Å². The van der Waals surface area contributed by atoms with Crippen LogP contribution >= 0.6 is 23.1 Å². The molecule has 0 bridgehead atoms. The predicted octanol–water partition coefficient (Wildman–Crippen LogP) is 3.20. The van der Waals surface area contributed by atoms with E-state index in [9.17, 15) is 8.42 Å². The van der Waals surface area contributed by atoms with Crippen molar-refractivity contribution in [1.82, 2.24) is 19.7 Å². The van der Waals surface area contributed by atoms with E-state index in [4.69, 9.17) is 5.14 Å². The first-order valence-corrected chi connectivity index (χ1v) is 12.5. The lowest BCUT2D eigenvalue weighted by atomic mass is 10.3. The van der Waals surface area contributed by atoms with Crippen molar-refractivity contribution in [2.24, 2.45) is 5.14 Å². The number of unbranched alkanes of at least 4 members (excludes halogenated alkanes) is 1. The molecule has 2 aromatic heterocycles. The fourth-order valence-corrected chi connectivity index (χ4v) is 5.18. The van der Waals surface area contributed by atoms with Crippen LogP contribution in [0.1, 0.15) is 38.4 Å². The summed E-state index contributed by atoms with van der Waals surface area (Å²) >= 11 is 3.15. The van der Waals surface area contributed by atoms with Crippen LogP contribution in [0.5, 0.6) is 0 Å². The number of imidazole rings is 1. The number of rotatable bonds is 9. The fraction of sp³-hybridized carbons (Fsp3) is 0.471. The molecule has 1 saturated carbocycles. The summed E-state index contributed by atoms with van der Waals surface area (Å²) in [5, 5.41) is 17.9. The average Bonchev–Trinajstić information content (AvgIpc) is 3.23.